The summed E-state index contributed by atoms with van der Waals surface area (Å²) in [4.78, 5) is 35.3. The molecule has 0 atom stereocenters. The van der Waals surface area contributed by atoms with Gasteiger partial charge in [0.15, 0.2) is 0 Å². The first kappa shape index (κ1) is 20.9. The van der Waals surface area contributed by atoms with E-state index in [4.69, 9.17) is 0 Å². The van der Waals surface area contributed by atoms with Crippen LogP contribution in [0, 0.1) is 17.0 Å². The summed E-state index contributed by atoms with van der Waals surface area (Å²) >= 11 is 0.898. The number of nitro benzene ring substituents is 1. The second kappa shape index (κ2) is 9.09. The lowest BCUT2D eigenvalue weighted by Crippen LogP contribution is -2.28. The Morgan fingerprint density at radius 1 is 1.17 bits per heavy atom. The lowest BCUT2D eigenvalue weighted by Gasteiger charge is -2.07. The molecular weight excluding hydrogens is 408 g/mol. The molecule has 0 spiro atoms. The largest absolute Gasteiger partial charge is 0.345 e. The third-order valence-corrected chi connectivity index (χ3v) is 5.19. The van der Waals surface area contributed by atoms with E-state index in [1.807, 2.05) is 30.3 Å². The van der Waals surface area contributed by atoms with Gasteiger partial charge in [-0.1, -0.05) is 18.2 Å². The van der Waals surface area contributed by atoms with Gasteiger partial charge in [0.1, 0.15) is 4.90 Å². The quantitative estimate of drug-likeness (QED) is 0.271. The molecule has 0 saturated carbocycles. The zero-order valence-electron chi connectivity index (χ0n) is 16.1. The highest BCUT2D eigenvalue weighted by atomic mass is 32.2. The van der Waals surface area contributed by atoms with Gasteiger partial charge < -0.3 is 0 Å². The number of amides is 2. The third-order valence-electron chi connectivity index (χ3n) is 4.23. The number of benzene rings is 2. The Morgan fingerprint density at radius 2 is 1.83 bits per heavy atom. The molecule has 2 N–H and O–H groups in total. The van der Waals surface area contributed by atoms with Crippen molar-refractivity contribution < 1.29 is 9.72 Å². The molecule has 0 aliphatic rings. The molecule has 0 fully saturated rings. The number of hydrogen-bond donors (Lipinski definition) is 2. The standard InChI is InChI=1S/C19H18N6O4S/c1-13-17(18(26)24(23(13)2)15-6-4-3-5-7-15)30-22-19(27)21-20-12-14-8-10-16(11-9-14)25(28)29/h3-12H,1-2H3,(H2,21,22,27)/b20-12+. The van der Waals surface area contributed by atoms with Crippen molar-refractivity contribution in [1.82, 2.24) is 19.5 Å². The number of hydrogen-bond acceptors (Lipinski definition) is 6. The van der Waals surface area contributed by atoms with Crippen LogP contribution in [0.4, 0.5) is 10.5 Å². The molecule has 0 aliphatic heterocycles. The van der Waals surface area contributed by atoms with Crippen molar-refractivity contribution in [3.8, 4) is 5.69 Å². The van der Waals surface area contributed by atoms with Gasteiger partial charge in [0.25, 0.3) is 11.2 Å². The fraction of sp³-hybridized carbons (Fsp3) is 0.105. The van der Waals surface area contributed by atoms with Crippen LogP contribution >= 0.6 is 11.9 Å². The number of nitro groups is 1. The molecule has 0 bridgehead atoms. The molecule has 11 heteroatoms. The molecule has 3 aromatic rings. The Bertz CT molecular complexity index is 1150. The summed E-state index contributed by atoms with van der Waals surface area (Å²) in [6, 6.07) is 14.3. The zero-order chi connectivity index (χ0) is 21.7. The van der Waals surface area contributed by atoms with E-state index in [0.29, 0.717) is 16.2 Å². The topological polar surface area (TPSA) is 124 Å². The van der Waals surface area contributed by atoms with Crippen LogP contribution in [0.5, 0.6) is 0 Å². The van der Waals surface area contributed by atoms with Gasteiger partial charge in [0, 0.05) is 19.2 Å². The molecule has 0 saturated heterocycles. The average Bonchev–Trinajstić information content (AvgIpc) is 2.95. The number of carbonyl (C=O) groups is 1. The Balaban J connectivity index is 1.62. The number of rotatable bonds is 6. The number of nitrogens with zero attached hydrogens (tertiary/aromatic N) is 4. The summed E-state index contributed by atoms with van der Waals surface area (Å²) < 4.78 is 5.75. The van der Waals surface area contributed by atoms with E-state index < -0.39 is 11.0 Å². The zero-order valence-corrected chi connectivity index (χ0v) is 16.9. The molecule has 3 rings (SSSR count). The van der Waals surface area contributed by atoms with Gasteiger partial charge in [-0.25, -0.2) is 14.9 Å². The number of urea groups is 1. The molecule has 30 heavy (non-hydrogen) atoms. The van der Waals surface area contributed by atoms with E-state index in [2.05, 4.69) is 15.2 Å². The maximum Gasteiger partial charge on any atom is 0.345 e. The lowest BCUT2D eigenvalue weighted by atomic mass is 10.2. The maximum absolute atomic E-state index is 12.8. The Morgan fingerprint density at radius 3 is 2.47 bits per heavy atom. The van der Waals surface area contributed by atoms with E-state index in [9.17, 15) is 19.7 Å². The number of non-ortho nitro benzene ring substituents is 1. The monoisotopic (exact) mass is 426 g/mol. The average molecular weight is 426 g/mol. The summed E-state index contributed by atoms with van der Waals surface area (Å²) in [5.41, 5.74) is 4.00. The Hall–Kier alpha value is -3.86. The van der Waals surface area contributed by atoms with Crippen molar-refractivity contribution in [2.45, 2.75) is 11.8 Å². The Kier molecular flexibility index (Phi) is 6.32. The van der Waals surface area contributed by atoms with Gasteiger partial charge in [0.2, 0.25) is 0 Å². The predicted octanol–water partition coefficient (Wildman–Crippen LogP) is 2.73. The van der Waals surface area contributed by atoms with Crippen molar-refractivity contribution in [1.29, 1.82) is 0 Å². The number of aromatic nitrogens is 2. The highest BCUT2D eigenvalue weighted by Gasteiger charge is 2.17. The number of para-hydroxylation sites is 1. The van der Waals surface area contributed by atoms with E-state index >= 15 is 0 Å². The molecule has 10 nitrogen and oxygen atoms in total. The minimum atomic E-state index is -0.618. The normalized spacial score (nSPS) is 10.9. The van der Waals surface area contributed by atoms with Gasteiger partial charge in [-0.3, -0.25) is 24.3 Å². The molecular formula is C19H18N6O4S. The van der Waals surface area contributed by atoms with E-state index in [0.717, 1.165) is 17.6 Å². The van der Waals surface area contributed by atoms with Gasteiger partial charge in [-0.05, 0) is 48.7 Å². The summed E-state index contributed by atoms with van der Waals surface area (Å²) in [5, 5.41) is 14.4. The van der Waals surface area contributed by atoms with Crippen molar-refractivity contribution in [2.75, 3.05) is 0 Å². The molecule has 0 radical (unpaired) electrons. The predicted molar refractivity (Wildman–Crippen MR) is 114 cm³/mol. The molecule has 2 amide bonds. The second-order valence-electron chi connectivity index (χ2n) is 6.14. The van der Waals surface area contributed by atoms with Gasteiger partial charge in [0.05, 0.1) is 22.5 Å². The molecule has 2 aromatic carbocycles. The van der Waals surface area contributed by atoms with E-state index in [1.54, 1.807) is 18.7 Å². The van der Waals surface area contributed by atoms with Crippen LogP contribution in [-0.4, -0.2) is 26.5 Å². The van der Waals surface area contributed by atoms with Gasteiger partial charge in [-0.15, -0.1) is 0 Å². The minimum absolute atomic E-state index is 0.0337. The van der Waals surface area contributed by atoms with E-state index in [1.165, 1.54) is 35.2 Å². The first-order valence-corrected chi connectivity index (χ1v) is 9.54. The maximum atomic E-state index is 12.8. The molecule has 1 heterocycles. The molecule has 0 aliphatic carbocycles. The van der Waals surface area contributed by atoms with Crippen molar-refractivity contribution >= 4 is 29.9 Å². The number of hydrazone groups is 1. The van der Waals surface area contributed by atoms with Crippen molar-refractivity contribution in [2.24, 2.45) is 12.1 Å². The Labute approximate surface area is 175 Å². The fourth-order valence-electron chi connectivity index (χ4n) is 2.63. The van der Waals surface area contributed by atoms with Crippen molar-refractivity contribution in [3.05, 3.63) is 86.3 Å². The first-order chi connectivity index (χ1) is 14.4. The van der Waals surface area contributed by atoms with Crippen LogP contribution in [0.25, 0.3) is 5.69 Å². The van der Waals surface area contributed by atoms with Crippen LogP contribution < -0.4 is 15.7 Å². The van der Waals surface area contributed by atoms with Gasteiger partial charge >= 0.3 is 6.03 Å². The summed E-state index contributed by atoms with van der Waals surface area (Å²) in [6.45, 7) is 1.79. The van der Waals surface area contributed by atoms with Crippen LogP contribution in [0.1, 0.15) is 11.3 Å². The summed E-state index contributed by atoms with van der Waals surface area (Å²) in [7, 11) is 1.77. The molecule has 1 aromatic heterocycles. The van der Waals surface area contributed by atoms with Crippen LogP contribution in [0.3, 0.4) is 0 Å². The number of nitrogens with one attached hydrogen (secondary N) is 2. The molecule has 0 unspecified atom stereocenters. The summed E-state index contributed by atoms with van der Waals surface area (Å²) in [5.74, 6) is 0. The van der Waals surface area contributed by atoms with E-state index in [-0.39, 0.29) is 11.2 Å². The lowest BCUT2D eigenvalue weighted by molar-refractivity contribution is -0.384. The highest BCUT2D eigenvalue weighted by Crippen LogP contribution is 2.18. The minimum Gasteiger partial charge on any atom is -0.284 e. The highest BCUT2D eigenvalue weighted by molar-refractivity contribution is 7.98. The second-order valence-corrected chi connectivity index (χ2v) is 6.96. The summed E-state index contributed by atoms with van der Waals surface area (Å²) in [6.07, 6.45) is 1.35. The van der Waals surface area contributed by atoms with Crippen LogP contribution in [-0.2, 0) is 7.05 Å². The molecule has 154 valence electrons. The van der Waals surface area contributed by atoms with Gasteiger partial charge in [-0.2, -0.15) is 5.10 Å². The SMILES string of the molecule is Cc1c(SNC(=O)N/N=C/c2ccc([N+](=O)[O-])cc2)c(=O)n(-c2ccccc2)n1C. The number of carbonyl (C=O) groups excluding carboxylic acids is 1. The van der Waals surface area contributed by atoms with Crippen LogP contribution in [0.15, 0.2) is 69.4 Å². The van der Waals surface area contributed by atoms with Crippen molar-refractivity contribution in [3.63, 3.8) is 0 Å². The third kappa shape index (κ3) is 4.58. The van der Waals surface area contributed by atoms with Crippen LogP contribution in [0.2, 0.25) is 0 Å². The smallest absolute Gasteiger partial charge is 0.284 e. The first-order valence-electron chi connectivity index (χ1n) is 8.73. The fourth-order valence-corrected chi connectivity index (χ4v) is 3.32.